The number of rotatable bonds is 9. The minimum Gasteiger partial charge on any atom is -0.468 e. The molecular formula is C17H27NO4S. The van der Waals surface area contributed by atoms with E-state index < -0.39 is 17.7 Å². The van der Waals surface area contributed by atoms with E-state index in [1.807, 2.05) is 12.1 Å². The topological polar surface area (TPSA) is 68.5 Å². The molecule has 130 valence electrons. The SMILES string of the molecule is CCCCC(NC(=O)OC(C)(C)C)C(=O)CSCc1ccco1. The molecule has 1 amide bonds. The molecule has 6 heteroatoms. The minimum atomic E-state index is -0.573. The Kier molecular flexibility index (Phi) is 8.23. The maximum Gasteiger partial charge on any atom is 0.408 e. The van der Waals surface area contributed by atoms with Gasteiger partial charge in [-0.25, -0.2) is 4.79 Å². The molecule has 5 nitrogen and oxygen atoms in total. The van der Waals surface area contributed by atoms with Gasteiger partial charge in [0.05, 0.1) is 23.8 Å². The van der Waals surface area contributed by atoms with Crippen LogP contribution in [0.3, 0.4) is 0 Å². The molecule has 0 fully saturated rings. The molecule has 0 aromatic carbocycles. The number of nitrogens with one attached hydrogen (secondary N) is 1. The van der Waals surface area contributed by atoms with Crippen molar-refractivity contribution < 1.29 is 18.7 Å². The Bertz CT molecular complexity index is 479. The van der Waals surface area contributed by atoms with Crippen LogP contribution < -0.4 is 5.32 Å². The number of carbonyl (C=O) groups is 2. The maximum absolute atomic E-state index is 12.4. The van der Waals surface area contributed by atoms with Gasteiger partial charge in [-0.1, -0.05) is 19.8 Å². The number of carbonyl (C=O) groups excluding carboxylic acids is 2. The number of hydrogen-bond acceptors (Lipinski definition) is 5. The number of ether oxygens (including phenoxy) is 1. The van der Waals surface area contributed by atoms with Crippen molar-refractivity contribution in [3.8, 4) is 0 Å². The summed E-state index contributed by atoms with van der Waals surface area (Å²) >= 11 is 1.49. The van der Waals surface area contributed by atoms with Crippen molar-refractivity contribution in [1.29, 1.82) is 0 Å². The second-order valence-corrected chi connectivity index (χ2v) is 7.37. The molecule has 0 aliphatic carbocycles. The van der Waals surface area contributed by atoms with Gasteiger partial charge in [-0.05, 0) is 39.3 Å². The zero-order valence-corrected chi connectivity index (χ0v) is 15.2. The summed E-state index contributed by atoms with van der Waals surface area (Å²) in [5.74, 6) is 1.84. The van der Waals surface area contributed by atoms with Gasteiger partial charge in [0, 0.05) is 0 Å². The van der Waals surface area contributed by atoms with Crippen molar-refractivity contribution in [2.45, 2.75) is 64.4 Å². The predicted molar refractivity (Wildman–Crippen MR) is 92.6 cm³/mol. The Morgan fingerprint density at radius 1 is 1.39 bits per heavy atom. The molecule has 0 radical (unpaired) electrons. The molecule has 1 rings (SSSR count). The van der Waals surface area contributed by atoms with Crippen molar-refractivity contribution in [2.75, 3.05) is 5.75 Å². The number of ketones is 1. The Morgan fingerprint density at radius 2 is 2.13 bits per heavy atom. The summed E-state index contributed by atoms with van der Waals surface area (Å²) < 4.78 is 10.5. The van der Waals surface area contributed by atoms with Crippen LogP contribution in [-0.2, 0) is 15.3 Å². The van der Waals surface area contributed by atoms with Crippen LogP contribution in [0.25, 0.3) is 0 Å². The fourth-order valence-corrected chi connectivity index (χ4v) is 2.79. The molecule has 1 aromatic heterocycles. The summed E-state index contributed by atoms with van der Waals surface area (Å²) in [6.07, 6.45) is 3.57. The quantitative estimate of drug-likeness (QED) is 0.730. The standard InChI is InChI=1S/C17H27NO4S/c1-5-6-9-14(18-16(20)22-17(2,3)4)15(19)12-23-11-13-8-7-10-21-13/h7-8,10,14H,5-6,9,11-12H2,1-4H3,(H,18,20). The third-order valence-electron chi connectivity index (χ3n) is 2.99. The maximum atomic E-state index is 12.4. The Balaban J connectivity index is 2.47. The summed E-state index contributed by atoms with van der Waals surface area (Å²) in [4.78, 5) is 24.2. The van der Waals surface area contributed by atoms with Gasteiger partial charge >= 0.3 is 6.09 Å². The molecular weight excluding hydrogens is 314 g/mol. The minimum absolute atomic E-state index is 0.0147. The highest BCUT2D eigenvalue weighted by Gasteiger charge is 2.23. The van der Waals surface area contributed by atoms with Crippen LogP contribution in [0.2, 0.25) is 0 Å². The molecule has 0 aliphatic rings. The first kappa shape index (κ1) is 19.6. The average Bonchev–Trinajstić information content (AvgIpc) is 2.94. The highest BCUT2D eigenvalue weighted by Crippen LogP contribution is 2.15. The Morgan fingerprint density at radius 3 is 2.70 bits per heavy atom. The number of amides is 1. The average molecular weight is 341 g/mol. The summed E-state index contributed by atoms with van der Waals surface area (Å²) in [6, 6.07) is 3.21. The van der Waals surface area contributed by atoms with Crippen LogP contribution in [0.1, 0.15) is 52.7 Å². The molecule has 1 aromatic rings. The molecule has 0 aliphatic heterocycles. The summed E-state index contributed by atoms with van der Waals surface area (Å²) in [7, 11) is 0. The van der Waals surface area contributed by atoms with Crippen molar-refractivity contribution in [2.24, 2.45) is 0 Å². The van der Waals surface area contributed by atoms with E-state index in [1.54, 1.807) is 27.0 Å². The predicted octanol–water partition coefficient (Wildman–Crippen LogP) is 4.17. The zero-order valence-electron chi connectivity index (χ0n) is 14.4. The van der Waals surface area contributed by atoms with E-state index in [0.717, 1.165) is 18.6 Å². The second-order valence-electron chi connectivity index (χ2n) is 6.38. The monoisotopic (exact) mass is 341 g/mol. The highest BCUT2D eigenvalue weighted by molar-refractivity contribution is 7.99. The summed E-state index contributed by atoms with van der Waals surface area (Å²) in [6.45, 7) is 7.46. The van der Waals surface area contributed by atoms with Crippen molar-refractivity contribution in [1.82, 2.24) is 5.32 Å². The van der Waals surface area contributed by atoms with Crippen molar-refractivity contribution >= 4 is 23.6 Å². The van der Waals surface area contributed by atoms with Gasteiger partial charge in [-0.2, -0.15) is 0 Å². The van der Waals surface area contributed by atoms with Gasteiger partial charge in [0.1, 0.15) is 11.4 Å². The van der Waals surface area contributed by atoms with E-state index >= 15 is 0 Å². The number of hydrogen-bond donors (Lipinski definition) is 1. The largest absolute Gasteiger partial charge is 0.468 e. The lowest BCUT2D eigenvalue weighted by atomic mass is 10.1. The van der Waals surface area contributed by atoms with E-state index in [-0.39, 0.29) is 5.78 Å². The number of unbranched alkanes of at least 4 members (excludes halogenated alkanes) is 1. The third-order valence-corrected chi connectivity index (χ3v) is 3.97. The fourth-order valence-electron chi connectivity index (χ4n) is 1.92. The van der Waals surface area contributed by atoms with E-state index in [4.69, 9.17) is 9.15 Å². The van der Waals surface area contributed by atoms with Crippen LogP contribution >= 0.6 is 11.8 Å². The first-order valence-electron chi connectivity index (χ1n) is 7.94. The van der Waals surface area contributed by atoms with E-state index in [1.165, 1.54) is 11.8 Å². The lowest BCUT2D eigenvalue weighted by Gasteiger charge is -2.23. The molecule has 0 saturated carbocycles. The fraction of sp³-hybridized carbons (Fsp3) is 0.647. The number of thioether (sulfide) groups is 1. The van der Waals surface area contributed by atoms with Gasteiger partial charge in [-0.15, -0.1) is 11.8 Å². The lowest BCUT2D eigenvalue weighted by Crippen LogP contribution is -2.44. The Hall–Kier alpha value is -1.43. The Labute approximate surface area is 142 Å². The van der Waals surface area contributed by atoms with Gasteiger partial charge in [0.15, 0.2) is 5.78 Å². The molecule has 0 spiro atoms. The summed E-state index contributed by atoms with van der Waals surface area (Å²) in [5.41, 5.74) is -0.573. The molecule has 1 atom stereocenters. The van der Waals surface area contributed by atoms with Crippen LogP contribution in [0.15, 0.2) is 22.8 Å². The molecule has 0 saturated heterocycles. The van der Waals surface area contributed by atoms with Gasteiger partial charge in [0.2, 0.25) is 0 Å². The highest BCUT2D eigenvalue weighted by atomic mass is 32.2. The smallest absolute Gasteiger partial charge is 0.408 e. The van der Waals surface area contributed by atoms with E-state index in [0.29, 0.717) is 17.9 Å². The van der Waals surface area contributed by atoms with Crippen molar-refractivity contribution in [3.05, 3.63) is 24.2 Å². The van der Waals surface area contributed by atoms with Crippen LogP contribution in [0, 0.1) is 0 Å². The number of Topliss-reactive ketones (excluding diaryl/α,β-unsaturated/α-hetero) is 1. The molecule has 1 N–H and O–H groups in total. The third kappa shape index (κ3) is 8.69. The molecule has 1 heterocycles. The van der Waals surface area contributed by atoms with Crippen LogP contribution in [0.4, 0.5) is 4.79 Å². The van der Waals surface area contributed by atoms with Crippen LogP contribution in [0.5, 0.6) is 0 Å². The van der Waals surface area contributed by atoms with Crippen LogP contribution in [-0.4, -0.2) is 29.3 Å². The van der Waals surface area contributed by atoms with Crippen molar-refractivity contribution in [3.63, 3.8) is 0 Å². The first-order valence-corrected chi connectivity index (χ1v) is 9.09. The van der Waals surface area contributed by atoms with E-state index in [2.05, 4.69) is 12.2 Å². The molecule has 0 bridgehead atoms. The first-order chi connectivity index (χ1) is 10.8. The van der Waals surface area contributed by atoms with Gasteiger partial charge in [0.25, 0.3) is 0 Å². The van der Waals surface area contributed by atoms with Gasteiger partial charge < -0.3 is 14.5 Å². The number of furan rings is 1. The molecule has 1 unspecified atom stereocenters. The normalized spacial score (nSPS) is 12.7. The summed E-state index contributed by atoms with van der Waals surface area (Å²) in [5, 5.41) is 2.70. The van der Waals surface area contributed by atoms with E-state index in [9.17, 15) is 9.59 Å². The second kappa shape index (κ2) is 9.65. The zero-order chi connectivity index (χ0) is 17.3. The number of alkyl carbamates (subject to hydrolysis) is 1. The lowest BCUT2D eigenvalue weighted by molar-refractivity contribution is -0.118. The van der Waals surface area contributed by atoms with Gasteiger partial charge in [-0.3, -0.25) is 4.79 Å². The molecule has 23 heavy (non-hydrogen) atoms.